The van der Waals surface area contributed by atoms with Crippen LogP contribution >= 0.6 is 0 Å². The van der Waals surface area contributed by atoms with E-state index in [1.165, 1.54) is 49.7 Å². The quantitative estimate of drug-likeness (QED) is 0.206. The van der Waals surface area contributed by atoms with Gasteiger partial charge in [0.25, 0.3) is 0 Å². The van der Waals surface area contributed by atoms with E-state index in [1.54, 1.807) is 28.4 Å². The summed E-state index contributed by atoms with van der Waals surface area (Å²) in [6.45, 7) is 4.42. The maximum absolute atomic E-state index is 5.17. The van der Waals surface area contributed by atoms with Gasteiger partial charge in [-0.2, -0.15) is 11.1 Å². The molecule has 0 aromatic heterocycles. The van der Waals surface area contributed by atoms with Crippen LogP contribution in [-0.4, -0.2) is 47.3 Å². The minimum atomic E-state index is 0. The molecule has 186 valence electrons. The molecule has 0 saturated carbocycles. The van der Waals surface area contributed by atoms with Crippen molar-refractivity contribution in [3.05, 3.63) is 47.5 Å². The molecular formula is C26H38BrCuLi2O4. The summed E-state index contributed by atoms with van der Waals surface area (Å²) in [4.78, 5) is 0. The third-order valence-corrected chi connectivity index (χ3v) is 4.78. The molecule has 0 aliphatic carbocycles. The summed E-state index contributed by atoms with van der Waals surface area (Å²) in [5, 5.41) is 0. The molecule has 0 atom stereocenters. The average molecular weight is 572 g/mol. The Morgan fingerprint density at radius 1 is 0.588 bits per heavy atom. The predicted molar refractivity (Wildman–Crippen MR) is 129 cm³/mol. The number of methoxy groups -OCH3 is 4. The van der Waals surface area contributed by atoms with E-state index >= 15 is 0 Å². The van der Waals surface area contributed by atoms with Crippen LogP contribution in [0.2, 0.25) is 0 Å². The molecule has 0 N–H and O–H groups in total. The molecule has 2 aromatic carbocycles. The fourth-order valence-electron chi connectivity index (χ4n) is 3.03. The Bertz CT molecular complexity index is 630. The van der Waals surface area contributed by atoms with E-state index in [0.29, 0.717) is 0 Å². The Balaban J connectivity index is -0.000000237. The summed E-state index contributed by atoms with van der Waals surface area (Å²) in [5.74, 6) is 3.00. The second-order valence-corrected chi connectivity index (χ2v) is 7.16. The van der Waals surface area contributed by atoms with Crippen LogP contribution in [0.5, 0.6) is 23.0 Å². The third-order valence-electron chi connectivity index (χ3n) is 4.78. The second-order valence-electron chi connectivity index (χ2n) is 7.16. The topological polar surface area (TPSA) is 36.9 Å². The van der Waals surface area contributed by atoms with Crippen molar-refractivity contribution in [1.82, 2.24) is 0 Å². The van der Waals surface area contributed by atoms with E-state index in [9.17, 15) is 0 Å². The number of rotatable bonds is 12. The van der Waals surface area contributed by atoms with E-state index in [1.807, 2.05) is 24.3 Å². The predicted octanol–water partition coefficient (Wildman–Crippen LogP) is 0.0981. The first-order valence-electron chi connectivity index (χ1n) is 10.9. The SMILES string of the molecule is CCCCCc1cc(OC)[c-]c(OC)c1.CCCCCc1cc(OC)[c-]c(OC)c1.[Br-].[Cu+2].[Li+].[Li]. The number of unbranched alkanes of at least 4 members (excludes halogenated alkanes) is 4. The molecule has 2 rings (SSSR count). The monoisotopic (exact) mass is 570 g/mol. The van der Waals surface area contributed by atoms with Crippen molar-refractivity contribution in [1.29, 1.82) is 0 Å². The average Bonchev–Trinajstić information content (AvgIpc) is 2.79. The van der Waals surface area contributed by atoms with E-state index in [4.69, 9.17) is 18.9 Å². The number of benzene rings is 2. The van der Waals surface area contributed by atoms with Gasteiger partial charge in [-0.1, -0.05) is 77.3 Å². The number of hydrogen-bond acceptors (Lipinski definition) is 4. The minimum Gasteiger partial charge on any atom is -1.00 e. The Hall–Kier alpha value is -0.166. The van der Waals surface area contributed by atoms with Crippen LogP contribution in [0.1, 0.15) is 63.5 Å². The van der Waals surface area contributed by atoms with E-state index in [-0.39, 0.29) is 71.8 Å². The van der Waals surface area contributed by atoms with Gasteiger partial charge < -0.3 is 35.9 Å². The van der Waals surface area contributed by atoms with Crippen LogP contribution < -0.4 is 54.8 Å². The number of hydrogen-bond donors (Lipinski definition) is 0. The van der Waals surface area contributed by atoms with Crippen molar-refractivity contribution in [2.75, 3.05) is 28.4 Å². The van der Waals surface area contributed by atoms with Gasteiger partial charge in [0, 0.05) is 41.9 Å². The zero-order chi connectivity index (χ0) is 22.2. The van der Waals surface area contributed by atoms with Crippen LogP contribution in [0.25, 0.3) is 0 Å². The van der Waals surface area contributed by atoms with E-state index in [0.717, 1.165) is 35.8 Å². The van der Waals surface area contributed by atoms with Crippen LogP contribution in [0.4, 0.5) is 0 Å². The molecule has 0 aliphatic heterocycles. The van der Waals surface area contributed by atoms with Crippen LogP contribution in [0, 0.1) is 12.1 Å². The standard InChI is InChI=1S/2C13H19O2.BrH.Cu.2Li/c2*1-4-5-6-7-11-8-12(14-2)10-13(9-11)15-3;;;;/h2*8-9H,4-7H2,1-3H3;1H;;;/q2*-1;;+2;;+1/p-1. The molecule has 8 heteroatoms. The molecule has 0 fully saturated rings. The molecule has 0 aliphatic rings. The van der Waals surface area contributed by atoms with Crippen molar-refractivity contribution >= 4 is 18.9 Å². The van der Waals surface area contributed by atoms with Gasteiger partial charge in [0.1, 0.15) is 0 Å². The van der Waals surface area contributed by atoms with Gasteiger partial charge in [-0.25, -0.2) is 0 Å². The normalized spacial score (nSPS) is 8.88. The third kappa shape index (κ3) is 17.3. The van der Waals surface area contributed by atoms with Gasteiger partial charge in [-0.15, -0.1) is 24.3 Å². The summed E-state index contributed by atoms with van der Waals surface area (Å²) in [7, 11) is 6.62. The first kappa shape index (κ1) is 41.0. The van der Waals surface area contributed by atoms with Gasteiger partial charge in [-0.3, -0.25) is 0 Å². The van der Waals surface area contributed by atoms with E-state index in [2.05, 4.69) is 26.0 Å². The van der Waals surface area contributed by atoms with E-state index < -0.39 is 0 Å². The van der Waals surface area contributed by atoms with Gasteiger partial charge in [0.05, 0.1) is 28.4 Å². The van der Waals surface area contributed by atoms with Crippen LogP contribution in [0.15, 0.2) is 24.3 Å². The maximum atomic E-state index is 5.17. The molecule has 0 unspecified atom stereocenters. The molecule has 0 bridgehead atoms. The Labute approximate surface area is 253 Å². The Kier molecular flexibility index (Phi) is 31.2. The van der Waals surface area contributed by atoms with Crippen LogP contribution in [0.3, 0.4) is 0 Å². The molecule has 0 amide bonds. The molecule has 0 saturated heterocycles. The van der Waals surface area contributed by atoms with Crippen molar-refractivity contribution in [3.8, 4) is 23.0 Å². The molecule has 0 heterocycles. The Morgan fingerprint density at radius 2 is 0.853 bits per heavy atom. The van der Waals surface area contributed by atoms with Crippen molar-refractivity contribution in [2.24, 2.45) is 0 Å². The molecule has 0 spiro atoms. The first-order chi connectivity index (χ1) is 14.6. The molecular weight excluding hydrogens is 534 g/mol. The van der Waals surface area contributed by atoms with Gasteiger partial charge in [-0.05, 0) is 0 Å². The fourth-order valence-corrected chi connectivity index (χ4v) is 3.03. The number of halogens is 1. The molecule has 34 heavy (non-hydrogen) atoms. The maximum Gasteiger partial charge on any atom is 2.00 e. The summed E-state index contributed by atoms with van der Waals surface area (Å²) >= 11 is 0. The summed E-state index contributed by atoms with van der Waals surface area (Å²) in [6.07, 6.45) is 9.61. The molecule has 2 radical (unpaired) electrons. The fraction of sp³-hybridized carbons (Fsp3) is 0.538. The van der Waals surface area contributed by atoms with Gasteiger partial charge >= 0.3 is 35.9 Å². The van der Waals surface area contributed by atoms with Crippen molar-refractivity contribution in [3.63, 3.8) is 0 Å². The largest absolute Gasteiger partial charge is 2.00 e. The minimum absolute atomic E-state index is 0. The zero-order valence-corrected chi connectivity index (χ0v) is 24.8. The van der Waals surface area contributed by atoms with Crippen LogP contribution in [-0.2, 0) is 29.9 Å². The molecule has 2 aromatic rings. The van der Waals surface area contributed by atoms with Gasteiger partial charge in [0.2, 0.25) is 0 Å². The Morgan fingerprint density at radius 3 is 1.06 bits per heavy atom. The van der Waals surface area contributed by atoms with Crippen molar-refractivity contribution < 1.29 is 71.9 Å². The van der Waals surface area contributed by atoms with Gasteiger partial charge in [0.15, 0.2) is 0 Å². The number of ether oxygens (including phenoxy) is 4. The first-order valence-corrected chi connectivity index (χ1v) is 10.9. The smallest absolute Gasteiger partial charge is 1.00 e. The zero-order valence-electron chi connectivity index (χ0n) is 22.3. The number of aryl methyl sites for hydroxylation is 2. The summed E-state index contributed by atoms with van der Waals surface area (Å²) in [5.41, 5.74) is 2.52. The summed E-state index contributed by atoms with van der Waals surface area (Å²) < 4.78 is 20.7. The summed E-state index contributed by atoms with van der Waals surface area (Å²) in [6, 6.07) is 14.2. The second kappa shape index (κ2) is 25.9. The molecule has 4 nitrogen and oxygen atoms in total. The van der Waals surface area contributed by atoms with Crippen molar-refractivity contribution in [2.45, 2.75) is 65.2 Å².